The topological polar surface area (TPSA) is 89.5 Å². The largest absolute Gasteiger partial charge is 0.457 e. The summed E-state index contributed by atoms with van der Waals surface area (Å²) in [5, 5.41) is 0. The molecule has 0 saturated heterocycles. The van der Waals surface area contributed by atoms with Crippen molar-refractivity contribution in [2.24, 2.45) is 0 Å². The molecule has 0 amide bonds. The fraction of sp³-hybridized carbons (Fsp3) is 0.364. The number of Topliss-reactive ketones (excluding diaryl/α,β-unsaturated/α-hetero) is 1. The van der Waals surface area contributed by atoms with E-state index in [2.05, 4.69) is 4.72 Å². The second-order valence-corrected chi connectivity index (χ2v) is 9.01. The van der Waals surface area contributed by atoms with Crippen LogP contribution in [0, 0.1) is 46.3 Å². The van der Waals surface area contributed by atoms with E-state index < -0.39 is 45.6 Å². The molecule has 6 nitrogen and oxygen atoms in total. The first kappa shape index (κ1) is 24.6. The van der Waals surface area contributed by atoms with E-state index in [1.54, 1.807) is 13.8 Å². The molecule has 0 aromatic heterocycles. The Balaban J connectivity index is 1.98. The van der Waals surface area contributed by atoms with Crippen molar-refractivity contribution in [3.05, 3.63) is 63.2 Å². The maximum absolute atomic E-state index is 13.6. The molecule has 0 saturated carbocycles. The molecule has 2 rings (SSSR count). The number of rotatable bonds is 8. The zero-order valence-electron chi connectivity index (χ0n) is 18.1. The van der Waals surface area contributed by atoms with Gasteiger partial charge in [-0.25, -0.2) is 21.9 Å². The summed E-state index contributed by atoms with van der Waals surface area (Å²) in [5.74, 6) is -3.47. The fourth-order valence-corrected chi connectivity index (χ4v) is 4.86. The molecule has 0 heterocycles. The van der Waals surface area contributed by atoms with Crippen LogP contribution in [0.1, 0.15) is 44.6 Å². The van der Waals surface area contributed by atoms with E-state index in [-0.39, 0.29) is 17.9 Å². The number of hydrogen-bond donors (Lipinski definition) is 1. The summed E-state index contributed by atoms with van der Waals surface area (Å²) >= 11 is 0. The molecule has 1 N–H and O–H groups in total. The molecule has 0 radical (unpaired) electrons. The summed E-state index contributed by atoms with van der Waals surface area (Å²) in [5.41, 5.74) is 3.54. The van der Waals surface area contributed by atoms with Gasteiger partial charge in [-0.15, -0.1) is 0 Å². The summed E-state index contributed by atoms with van der Waals surface area (Å²) in [6.07, 6.45) is -0.333. The Morgan fingerprint density at radius 3 is 2.06 bits per heavy atom. The standard InChI is InChI=1S/C22H25F2NO5S/c1-12-13(2)15(4)22(16(5)14(12)3)31(28,29)25-9-8-21(27)30-11-20(26)18-10-17(23)6-7-19(18)24/h6-7,10,25H,8-9,11H2,1-5H3. The van der Waals surface area contributed by atoms with E-state index in [1.807, 2.05) is 20.8 Å². The second-order valence-electron chi connectivity index (χ2n) is 7.31. The lowest BCUT2D eigenvalue weighted by Gasteiger charge is -2.19. The van der Waals surface area contributed by atoms with Crippen molar-refractivity contribution in [1.82, 2.24) is 4.72 Å². The Hall–Kier alpha value is -2.65. The second kappa shape index (κ2) is 9.65. The third-order valence-electron chi connectivity index (χ3n) is 5.41. The summed E-state index contributed by atoms with van der Waals surface area (Å²) < 4.78 is 59.5. The zero-order valence-corrected chi connectivity index (χ0v) is 18.9. The van der Waals surface area contributed by atoms with Crippen molar-refractivity contribution in [1.29, 1.82) is 0 Å². The molecule has 0 spiro atoms. The van der Waals surface area contributed by atoms with E-state index >= 15 is 0 Å². The SMILES string of the molecule is Cc1c(C)c(C)c(S(=O)(=O)NCCC(=O)OCC(=O)c2cc(F)ccc2F)c(C)c1C. The number of halogens is 2. The molecule has 0 aliphatic rings. The van der Waals surface area contributed by atoms with Crippen LogP contribution < -0.4 is 4.72 Å². The van der Waals surface area contributed by atoms with E-state index in [0.29, 0.717) is 11.1 Å². The zero-order chi connectivity index (χ0) is 23.5. The predicted molar refractivity (Wildman–Crippen MR) is 112 cm³/mol. The van der Waals surface area contributed by atoms with Gasteiger partial charge in [-0.1, -0.05) is 0 Å². The van der Waals surface area contributed by atoms with Gasteiger partial charge in [0, 0.05) is 6.54 Å². The van der Waals surface area contributed by atoms with Crippen LogP contribution in [-0.4, -0.2) is 33.3 Å². The Morgan fingerprint density at radius 2 is 1.48 bits per heavy atom. The summed E-state index contributed by atoms with van der Waals surface area (Å²) in [7, 11) is -3.88. The number of carbonyl (C=O) groups is 2. The van der Waals surface area contributed by atoms with Crippen molar-refractivity contribution in [3.8, 4) is 0 Å². The van der Waals surface area contributed by atoms with Crippen LogP contribution in [0.15, 0.2) is 23.1 Å². The molecule has 2 aromatic rings. The predicted octanol–water partition coefficient (Wildman–Crippen LogP) is 3.60. The van der Waals surface area contributed by atoms with Crippen LogP contribution in [-0.2, 0) is 19.6 Å². The molecule has 0 bridgehead atoms. The van der Waals surface area contributed by atoms with Gasteiger partial charge in [-0.3, -0.25) is 9.59 Å². The normalized spacial score (nSPS) is 11.5. The number of ketones is 1. The van der Waals surface area contributed by atoms with Gasteiger partial charge in [0.05, 0.1) is 16.9 Å². The molecule has 0 fully saturated rings. The van der Waals surface area contributed by atoms with Gasteiger partial charge in [-0.2, -0.15) is 0 Å². The number of carbonyl (C=O) groups excluding carboxylic acids is 2. The smallest absolute Gasteiger partial charge is 0.307 e. The van der Waals surface area contributed by atoms with Gasteiger partial charge >= 0.3 is 5.97 Å². The molecule has 0 aliphatic carbocycles. The number of ether oxygens (including phenoxy) is 1. The molecule has 0 atom stereocenters. The molecule has 0 aliphatic heterocycles. The van der Waals surface area contributed by atoms with Gasteiger partial charge in [0.25, 0.3) is 0 Å². The highest BCUT2D eigenvalue weighted by atomic mass is 32.2. The van der Waals surface area contributed by atoms with Crippen molar-refractivity contribution in [2.75, 3.05) is 13.2 Å². The molecular formula is C22H25F2NO5S. The summed E-state index contributed by atoms with van der Waals surface area (Å²) in [4.78, 5) is 24.0. The number of sulfonamides is 1. The number of hydrogen-bond acceptors (Lipinski definition) is 5. The molecular weight excluding hydrogens is 428 g/mol. The quantitative estimate of drug-likeness (QED) is 0.487. The summed E-state index contributed by atoms with van der Waals surface area (Å²) in [6, 6.07) is 2.39. The first-order chi connectivity index (χ1) is 14.4. The minimum atomic E-state index is -3.88. The highest BCUT2D eigenvalue weighted by Gasteiger charge is 2.24. The van der Waals surface area contributed by atoms with Crippen molar-refractivity contribution in [2.45, 2.75) is 45.9 Å². The lowest BCUT2D eigenvalue weighted by molar-refractivity contribution is -0.142. The van der Waals surface area contributed by atoms with Gasteiger partial charge in [0.1, 0.15) is 11.6 Å². The average Bonchev–Trinajstić information content (AvgIpc) is 2.70. The van der Waals surface area contributed by atoms with Crippen molar-refractivity contribution < 1.29 is 31.5 Å². The Kier molecular flexibility index (Phi) is 7.67. The monoisotopic (exact) mass is 453 g/mol. The van der Waals surface area contributed by atoms with Crippen LogP contribution >= 0.6 is 0 Å². The third kappa shape index (κ3) is 5.54. The number of esters is 1. The molecule has 2 aromatic carbocycles. The third-order valence-corrected chi connectivity index (χ3v) is 7.15. The highest BCUT2D eigenvalue weighted by molar-refractivity contribution is 7.89. The average molecular weight is 454 g/mol. The molecule has 31 heavy (non-hydrogen) atoms. The number of nitrogens with one attached hydrogen (secondary N) is 1. The number of benzene rings is 2. The Labute approximate surface area is 180 Å². The lowest BCUT2D eigenvalue weighted by Crippen LogP contribution is -2.29. The van der Waals surface area contributed by atoms with Crippen LogP contribution in [0.25, 0.3) is 0 Å². The van der Waals surface area contributed by atoms with E-state index in [0.717, 1.165) is 34.9 Å². The van der Waals surface area contributed by atoms with Crippen LogP contribution in [0.4, 0.5) is 8.78 Å². The molecule has 9 heteroatoms. The van der Waals surface area contributed by atoms with E-state index in [1.165, 1.54) is 0 Å². The van der Waals surface area contributed by atoms with Crippen LogP contribution in [0.2, 0.25) is 0 Å². The first-order valence-electron chi connectivity index (χ1n) is 9.57. The summed E-state index contributed by atoms with van der Waals surface area (Å²) in [6.45, 7) is 8.08. The van der Waals surface area contributed by atoms with E-state index in [9.17, 15) is 26.8 Å². The van der Waals surface area contributed by atoms with Crippen molar-refractivity contribution in [3.63, 3.8) is 0 Å². The maximum Gasteiger partial charge on any atom is 0.307 e. The lowest BCUT2D eigenvalue weighted by atomic mass is 9.95. The van der Waals surface area contributed by atoms with Crippen LogP contribution in [0.5, 0.6) is 0 Å². The van der Waals surface area contributed by atoms with Crippen molar-refractivity contribution >= 4 is 21.8 Å². The minimum Gasteiger partial charge on any atom is -0.457 e. The van der Waals surface area contributed by atoms with Gasteiger partial charge in [0.15, 0.2) is 6.61 Å². The van der Waals surface area contributed by atoms with Crippen LogP contribution in [0.3, 0.4) is 0 Å². The molecule has 168 valence electrons. The minimum absolute atomic E-state index is 0.179. The first-order valence-corrected chi connectivity index (χ1v) is 11.1. The molecule has 0 unspecified atom stereocenters. The maximum atomic E-state index is 13.6. The fourth-order valence-electron chi connectivity index (χ4n) is 3.24. The van der Waals surface area contributed by atoms with E-state index in [4.69, 9.17) is 4.74 Å². The highest BCUT2D eigenvalue weighted by Crippen LogP contribution is 2.29. The van der Waals surface area contributed by atoms with Gasteiger partial charge in [-0.05, 0) is 80.6 Å². The Bertz CT molecular complexity index is 1110. The van der Waals surface area contributed by atoms with Gasteiger partial charge < -0.3 is 4.74 Å². The Morgan fingerprint density at radius 1 is 0.935 bits per heavy atom. The van der Waals surface area contributed by atoms with Gasteiger partial charge in [0.2, 0.25) is 15.8 Å².